The van der Waals surface area contributed by atoms with Gasteiger partial charge in [-0.2, -0.15) is 4.98 Å². The molecule has 1 fully saturated rings. The van der Waals surface area contributed by atoms with Gasteiger partial charge in [-0.05, 0) is 6.08 Å². The number of hydrogen-bond acceptors (Lipinski definition) is 10. The quantitative estimate of drug-likeness (QED) is 0.235. The number of nitrogens with one attached hydrogen (secondary N) is 1. The lowest BCUT2D eigenvalue weighted by Gasteiger charge is -2.22. The van der Waals surface area contributed by atoms with Crippen LogP contribution in [0.3, 0.4) is 0 Å². The second-order valence-corrected chi connectivity index (χ2v) is 7.72. The molecule has 174 valence electrons. The third kappa shape index (κ3) is 6.47. The maximum absolute atomic E-state index is 12.7. The molecule has 1 saturated heterocycles. The lowest BCUT2D eigenvalue weighted by molar-refractivity contribution is -0.153. The largest absolute Gasteiger partial charge is 0.466 e. The maximum atomic E-state index is 12.7. The van der Waals surface area contributed by atoms with Crippen molar-refractivity contribution in [1.82, 2.24) is 9.55 Å². The Hall–Kier alpha value is -3.06. The van der Waals surface area contributed by atoms with E-state index in [0.717, 1.165) is 10.6 Å². The van der Waals surface area contributed by atoms with Crippen LogP contribution < -0.4 is 11.0 Å². The van der Waals surface area contributed by atoms with Crippen LogP contribution in [-0.2, 0) is 38.1 Å². The second-order valence-electron chi connectivity index (χ2n) is 6.66. The average Bonchev–Trinajstić information content (AvgIpc) is 3.00. The molecule has 1 aliphatic heterocycles. The third-order valence-electron chi connectivity index (χ3n) is 4.17. The Morgan fingerprint density at radius 1 is 1.25 bits per heavy atom. The smallest absolute Gasteiger partial charge is 0.351 e. The van der Waals surface area contributed by atoms with Crippen LogP contribution in [0.4, 0.5) is 5.82 Å². The van der Waals surface area contributed by atoms with E-state index in [1.807, 2.05) is 0 Å². The van der Waals surface area contributed by atoms with Gasteiger partial charge in [-0.1, -0.05) is 15.9 Å². The Balaban J connectivity index is 2.51. The van der Waals surface area contributed by atoms with Crippen LogP contribution in [0.15, 0.2) is 17.1 Å². The standard InChI is InChI=1S/C19H22BrN3O9/c1-9(24)21-17-12(5-6-14(27)29-4)7-23(19(28)22-17)18-16(31-11(3)26)15(20)13(32-18)8-30-10(2)25/h5-7,13,15-16,18H,8H2,1-4H3,(H,21,22,24,28)/t13-,15+,16-,18-/m1/s1. The molecule has 2 rings (SSSR count). The van der Waals surface area contributed by atoms with E-state index in [1.165, 1.54) is 40.2 Å². The van der Waals surface area contributed by atoms with Crippen molar-refractivity contribution >= 4 is 51.6 Å². The number of aromatic nitrogens is 2. The lowest BCUT2D eigenvalue weighted by Crippen LogP contribution is -2.37. The molecule has 0 spiro atoms. The maximum Gasteiger partial charge on any atom is 0.351 e. The number of amides is 1. The Kier molecular flexibility index (Phi) is 8.66. The van der Waals surface area contributed by atoms with Crippen molar-refractivity contribution in [3.8, 4) is 0 Å². The number of carbonyl (C=O) groups excluding carboxylic acids is 4. The van der Waals surface area contributed by atoms with Gasteiger partial charge in [0.05, 0.1) is 11.9 Å². The van der Waals surface area contributed by atoms with Gasteiger partial charge in [0, 0.05) is 38.6 Å². The fourth-order valence-corrected chi connectivity index (χ4v) is 3.50. The molecule has 0 aromatic carbocycles. The first-order chi connectivity index (χ1) is 15.0. The molecular formula is C19H22BrN3O9. The van der Waals surface area contributed by atoms with Crippen molar-refractivity contribution in [2.24, 2.45) is 0 Å². The van der Waals surface area contributed by atoms with Crippen LogP contribution in [0.2, 0.25) is 0 Å². The first-order valence-electron chi connectivity index (χ1n) is 9.30. The first kappa shape index (κ1) is 25.2. The van der Waals surface area contributed by atoms with Gasteiger partial charge in [-0.15, -0.1) is 0 Å². The van der Waals surface area contributed by atoms with Crippen LogP contribution in [0.25, 0.3) is 6.08 Å². The topological polar surface area (TPSA) is 152 Å². The molecule has 1 amide bonds. The number of hydrogen-bond donors (Lipinski definition) is 1. The molecule has 1 aromatic rings. The van der Waals surface area contributed by atoms with E-state index in [4.69, 9.17) is 14.2 Å². The Morgan fingerprint density at radius 3 is 2.50 bits per heavy atom. The summed E-state index contributed by atoms with van der Waals surface area (Å²) in [5, 5.41) is 2.41. The lowest BCUT2D eigenvalue weighted by atomic mass is 10.2. The number of halogens is 1. The van der Waals surface area contributed by atoms with Gasteiger partial charge < -0.3 is 24.3 Å². The van der Waals surface area contributed by atoms with Crippen molar-refractivity contribution in [1.29, 1.82) is 0 Å². The number of esters is 3. The Morgan fingerprint density at radius 2 is 1.94 bits per heavy atom. The summed E-state index contributed by atoms with van der Waals surface area (Å²) in [4.78, 5) is 61.8. The molecule has 1 aliphatic rings. The fraction of sp³-hybridized carbons (Fsp3) is 0.474. The zero-order chi connectivity index (χ0) is 24.0. The number of carbonyl (C=O) groups is 4. The number of nitrogens with zero attached hydrogens (tertiary/aromatic N) is 2. The fourth-order valence-electron chi connectivity index (χ4n) is 2.85. The summed E-state index contributed by atoms with van der Waals surface area (Å²) in [7, 11) is 1.19. The summed E-state index contributed by atoms with van der Waals surface area (Å²) in [5.74, 6) is -2.40. The van der Waals surface area contributed by atoms with Gasteiger partial charge in [0.1, 0.15) is 18.5 Å². The zero-order valence-corrected chi connectivity index (χ0v) is 19.3. The molecule has 0 saturated carbocycles. The molecule has 4 atom stereocenters. The first-order valence-corrected chi connectivity index (χ1v) is 10.2. The Labute approximate surface area is 191 Å². The summed E-state index contributed by atoms with van der Waals surface area (Å²) >= 11 is 3.38. The normalized spacial score (nSPS) is 22.4. The van der Waals surface area contributed by atoms with Gasteiger partial charge in [-0.25, -0.2) is 9.59 Å². The van der Waals surface area contributed by atoms with Crippen LogP contribution in [-0.4, -0.2) is 64.1 Å². The van der Waals surface area contributed by atoms with Crippen molar-refractivity contribution in [3.05, 3.63) is 28.3 Å². The van der Waals surface area contributed by atoms with E-state index in [0.29, 0.717) is 0 Å². The van der Waals surface area contributed by atoms with Crippen molar-refractivity contribution < 1.29 is 38.1 Å². The minimum absolute atomic E-state index is 0.0900. The molecule has 1 N–H and O–H groups in total. The van der Waals surface area contributed by atoms with E-state index in [9.17, 15) is 24.0 Å². The van der Waals surface area contributed by atoms with Gasteiger partial charge >= 0.3 is 23.6 Å². The van der Waals surface area contributed by atoms with Gasteiger partial charge in [0.15, 0.2) is 12.3 Å². The number of alkyl halides is 1. The van der Waals surface area contributed by atoms with Crippen molar-refractivity contribution in [2.75, 3.05) is 19.0 Å². The van der Waals surface area contributed by atoms with Gasteiger partial charge in [-0.3, -0.25) is 19.0 Å². The summed E-state index contributed by atoms with van der Waals surface area (Å²) in [6.45, 7) is 3.50. The van der Waals surface area contributed by atoms with Crippen LogP contribution in [0.5, 0.6) is 0 Å². The van der Waals surface area contributed by atoms with E-state index in [1.54, 1.807) is 0 Å². The summed E-state index contributed by atoms with van der Waals surface area (Å²) in [5.41, 5.74) is -0.635. The number of rotatable bonds is 7. The molecular weight excluding hydrogens is 494 g/mol. The van der Waals surface area contributed by atoms with Crippen molar-refractivity contribution in [2.45, 2.75) is 44.0 Å². The predicted molar refractivity (Wildman–Crippen MR) is 113 cm³/mol. The highest BCUT2D eigenvalue weighted by Crippen LogP contribution is 2.36. The van der Waals surface area contributed by atoms with E-state index in [2.05, 4.69) is 31.0 Å². The second kappa shape index (κ2) is 11.0. The summed E-state index contributed by atoms with van der Waals surface area (Å²) in [6.07, 6.45) is 0.793. The molecule has 0 bridgehead atoms. The molecule has 12 nitrogen and oxygen atoms in total. The van der Waals surface area contributed by atoms with Crippen LogP contribution in [0, 0.1) is 0 Å². The molecule has 1 aromatic heterocycles. The molecule has 2 heterocycles. The predicted octanol–water partition coefficient (Wildman–Crippen LogP) is 0.544. The zero-order valence-electron chi connectivity index (χ0n) is 17.7. The molecule has 0 aliphatic carbocycles. The van der Waals surface area contributed by atoms with Gasteiger partial charge in [0.25, 0.3) is 0 Å². The van der Waals surface area contributed by atoms with Crippen molar-refractivity contribution in [3.63, 3.8) is 0 Å². The molecule has 13 heteroatoms. The highest BCUT2D eigenvalue weighted by Gasteiger charge is 2.47. The summed E-state index contributed by atoms with van der Waals surface area (Å²) < 4.78 is 21.8. The Bertz CT molecular complexity index is 991. The monoisotopic (exact) mass is 515 g/mol. The minimum Gasteiger partial charge on any atom is -0.466 e. The van der Waals surface area contributed by atoms with Crippen LogP contribution in [0.1, 0.15) is 32.6 Å². The number of methoxy groups -OCH3 is 1. The van der Waals surface area contributed by atoms with E-state index < -0.39 is 52.8 Å². The van der Waals surface area contributed by atoms with E-state index >= 15 is 0 Å². The average molecular weight is 516 g/mol. The third-order valence-corrected chi connectivity index (χ3v) is 5.28. The van der Waals surface area contributed by atoms with Crippen LogP contribution >= 0.6 is 15.9 Å². The van der Waals surface area contributed by atoms with Gasteiger partial charge in [0.2, 0.25) is 5.91 Å². The van der Waals surface area contributed by atoms with E-state index in [-0.39, 0.29) is 18.0 Å². The molecule has 0 radical (unpaired) electrons. The highest BCUT2D eigenvalue weighted by atomic mass is 79.9. The molecule has 0 unspecified atom stereocenters. The number of ether oxygens (including phenoxy) is 4. The highest BCUT2D eigenvalue weighted by molar-refractivity contribution is 9.09. The SMILES string of the molecule is COC(=O)C=Cc1cn([C@@H]2O[C@H](COC(C)=O)[C@H](Br)[C@H]2OC(C)=O)c(=O)nc1NC(C)=O. The minimum atomic E-state index is -1.14. The molecule has 32 heavy (non-hydrogen) atoms. The number of anilines is 1. The summed E-state index contributed by atoms with van der Waals surface area (Å²) in [6, 6.07) is 0.